The molecule has 0 unspecified atom stereocenters. The summed E-state index contributed by atoms with van der Waals surface area (Å²) in [6, 6.07) is 4.79. The summed E-state index contributed by atoms with van der Waals surface area (Å²) in [4.78, 5) is 0.242. The van der Waals surface area contributed by atoms with E-state index in [9.17, 15) is 13.5 Å². The molecule has 1 aromatic rings. The summed E-state index contributed by atoms with van der Waals surface area (Å²) >= 11 is 0. The largest absolute Gasteiger partial charge is 0.393 e. The van der Waals surface area contributed by atoms with Crippen LogP contribution in [-0.4, -0.2) is 48.7 Å². The Hall–Kier alpha value is -1.39. The highest BCUT2D eigenvalue weighted by Crippen LogP contribution is 2.22. The third kappa shape index (κ3) is 3.63. The zero-order chi connectivity index (χ0) is 15.5. The number of aryl methyl sites for hydroxylation is 1. The van der Waals surface area contributed by atoms with Gasteiger partial charge in [0.25, 0.3) is 0 Å². The van der Waals surface area contributed by atoms with Gasteiger partial charge in [-0.2, -0.15) is 4.31 Å². The molecule has 0 amide bonds. The first kappa shape index (κ1) is 16.0. The van der Waals surface area contributed by atoms with Gasteiger partial charge in [0.1, 0.15) is 6.61 Å². The smallest absolute Gasteiger partial charge is 0.243 e. The summed E-state index contributed by atoms with van der Waals surface area (Å²) in [5.74, 6) is 5.33. The lowest BCUT2D eigenvalue weighted by molar-refractivity contribution is 0.113. The van der Waals surface area contributed by atoms with E-state index in [2.05, 4.69) is 11.8 Å². The van der Waals surface area contributed by atoms with Crippen molar-refractivity contribution in [3.63, 3.8) is 0 Å². The predicted molar refractivity (Wildman–Crippen MR) is 79.1 cm³/mol. The number of aliphatic hydroxyl groups excluding tert-OH is 2. The summed E-state index contributed by atoms with van der Waals surface area (Å²) in [7, 11) is -3.52. The molecular formula is C15H19NO4S. The minimum Gasteiger partial charge on any atom is -0.393 e. The molecule has 6 heteroatoms. The van der Waals surface area contributed by atoms with Crippen molar-refractivity contribution in [2.24, 2.45) is 0 Å². The van der Waals surface area contributed by atoms with E-state index in [1.807, 2.05) is 0 Å². The second kappa shape index (κ2) is 6.58. The maximum atomic E-state index is 12.5. The van der Waals surface area contributed by atoms with Crippen molar-refractivity contribution in [1.29, 1.82) is 0 Å². The second-order valence-corrected chi connectivity index (χ2v) is 7.01. The normalized spacial score (nSPS) is 17.3. The molecular weight excluding hydrogens is 290 g/mol. The number of rotatable bonds is 2. The Morgan fingerprint density at radius 2 is 2.00 bits per heavy atom. The minimum absolute atomic E-state index is 0.227. The summed E-state index contributed by atoms with van der Waals surface area (Å²) in [5.41, 5.74) is 1.46. The standard InChI is InChI=1S/C15H19NO4S/c1-12-11-15(5-4-13(12)3-2-10-17)21(19,20)16-8-6-14(18)7-9-16/h4-5,11,14,17-18H,6-10H2,1H3. The maximum absolute atomic E-state index is 12.5. The van der Waals surface area contributed by atoms with Crippen molar-refractivity contribution in [3.05, 3.63) is 29.3 Å². The molecule has 0 aliphatic carbocycles. The molecule has 0 spiro atoms. The van der Waals surface area contributed by atoms with Gasteiger partial charge in [-0.1, -0.05) is 11.8 Å². The van der Waals surface area contributed by atoms with Crippen LogP contribution in [0.25, 0.3) is 0 Å². The Kier molecular flexibility index (Phi) is 5.01. The van der Waals surface area contributed by atoms with Crippen LogP contribution in [0.15, 0.2) is 23.1 Å². The number of nitrogens with zero attached hydrogens (tertiary/aromatic N) is 1. The van der Waals surface area contributed by atoms with Crippen LogP contribution in [0.1, 0.15) is 24.0 Å². The van der Waals surface area contributed by atoms with Crippen molar-refractivity contribution in [2.45, 2.75) is 30.8 Å². The molecule has 1 aromatic carbocycles. The average Bonchev–Trinajstić information content (AvgIpc) is 2.46. The summed E-state index contributed by atoms with van der Waals surface area (Å²) in [5, 5.41) is 18.2. The monoisotopic (exact) mass is 309 g/mol. The highest BCUT2D eigenvalue weighted by Gasteiger charge is 2.28. The van der Waals surface area contributed by atoms with Gasteiger partial charge in [-0.3, -0.25) is 0 Å². The first-order valence-corrected chi connectivity index (χ1v) is 8.28. The van der Waals surface area contributed by atoms with Crippen LogP contribution in [0, 0.1) is 18.8 Å². The van der Waals surface area contributed by atoms with E-state index in [-0.39, 0.29) is 11.5 Å². The number of benzene rings is 1. The van der Waals surface area contributed by atoms with Gasteiger partial charge in [0.2, 0.25) is 10.0 Å². The van der Waals surface area contributed by atoms with Gasteiger partial charge in [-0.25, -0.2) is 8.42 Å². The fourth-order valence-electron chi connectivity index (χ4n) is 2.30. The highest BCUT2D eigenvalue weighted by atomic mass is 32.2. The molecule has 0 bridgehead atoms. The number of hydrogen-bond acceptors (Lipinski definition) is 4. The van der Waals surface area contributed by atoms with E-state index in [1.54, 1.807) is 19.1 Å². The number of sulfonamides is 1. The molecule has 0 atom stereocenters. The predicted octanol–water partition coefficient (Wildman–Crippen LogP) is 0.484. The average molecular weight is 309 g/mol. The molecule has 1 aliphatic rings. The first-order chi connectivity index (χ1) is 9.95. The van der Waals surface area contributed by atoms with E-state index in [0.29, 0.717) is 31.5 Å². The van der Waals surface area contributed by atoms with Gasteiger partial charge in [0.15, 0.2) is 0 Å². The lowest BCUT2D eigenvalue weighted by atomic mass is 10.1. The van der Waals surface area contributed by atoms with Crippen LogP contribution in [0.4, 0.5) is 0 Å². The van der Waals surface area contributed by atoms with Gasteiger partial charge in [0.05, 0.1) is 11.0 Å². The third-order valence-corrected chi connectivity index (χ3v) is 5.46. The Balaban J connectivity index is 2.26. The lowest BCUT2D eigenvalue weighted by Crippen LogP contribution is -2.40. The van der Waals surface area contributed by atoms with Gasteiger partial charge >= 0.3 is 0 Å². The Labute approximate surface area is 125 Å². The Bertz CT molecular complexity index is 665. The fourth-order valence-corrected chi connectivity index (χ4v) is 3.86. The molecule has 0 radical (unpaired) electrons. The summed E-state index contributed by atoms with van der Waals surface area (Å²) in [6.07, 6.45) is 0.533. The number of aliphatic hydroxyl groups is 2. The van der Waals surface area contributed by atoms with Crippen molar-refractivity contribution in [2.75, 3.05) is 19.7 Å². The van der Waals surface area contributed by atoms with Crippen LogP contribution < -0.4 is 0 Å². The van der Waals surface area contributed by atoms with Crippen molar-refractivity contribution in [1.82, 2.24) is 4.31 Å². The maximum Gasteiger partial charge on any atom is 0.243 e. The molecule has 1 heterocycles. The van der Waals surface area contributed by atoms with Gasteiger partial charge < -0.3 is 10.2 Å². The third-order valence-electron chi connectivity index (χ3n) is 3.56. The minimum atomic E-state index is -3.52. The molecule has 0 saturated carbocycles. The van der Waals surface area contributed by atoms with Gasteiger partial charge in [-0.05, 0) is 43.5 Å². The van der Waals surface area contributed by atoms with Crippen molar-refractivity contribution in [3.8, 4) is 11.8 Å². The van der Waals surface area contributed by atoms with Crippen LogP contribution in [-0.2, 0) is 10.0 Å². The summed E-state index contributed by atoms with van der Waals surface area (Å²) < 4.78 is 26.5. The van der Waals surface area contributed by atoms with Gasteiger partial charge in [-0.15, -0.1) is 0 Å². The second-order valence-electron chi connectivity index (χ2n) is 5.07. The van der Waals surface area contributed by atoms with Crippen LogP contribution in [0.3, 0.4) is 0 Å². The molecule has 114 valence electrons. The zero-order valence-corrected chi connectivity index (χ0v) is 12.7. The fraction of sp³-hybridized carbons (Fsp3) is 0.467. The molecule has 1 aliphatic heterocycles. The van der Waals surface area contributed by atoms with E-state index in [0.717, 1.165) is 5.56 Å². The number of hydrogen-bond donors (Lipinski definition) is 2. The molecule has 1 fully saturated rings. The van der Waals surface area contributed by atoms with Crippen LogP contribution in [0.2, 0.25) is 0 Å². The molecule has 1 saturated heterocycles. The van der Waals surface area contributed by atoms with Gasteiger partial charge in [0, 0.05) is 18.7 Å². The first-order valence-electron chi connectivity index (χ1n) is 6.83. The number of piperidine rings is 1. The lowest BCUT2D eigenvalue weighted by Gasteiger charge is -2.28. The Morgan fingerprint density at radius 3 is 2.57 bits per heavy atom. The summed E-state index contributed by atoms with van der Waals surface area (Å²) in [6.45, 7) is 2.25. The zero-order valence-electron chi connectivity index (χ0n) is 11.9. The molecule has 2 rings (SSSR count). The van der Waals surface area contributed by atoms with Crippen LogP contribution in [0.5, 0.6) is 0 Å². The molecule has 2 N–H and O–H groups in total. The van der Waals surface area contributed by atoms with E-state index >= 15 is 0 Å². The van der Waals surface area contributed by atoms with Crippen molar-refractivity contribution < 1.29 is 18.6 Å². The topological polar surface area (TPSA) is 77.8 Å². The van der Waals surface area contributed by atoms with E-state index in [4.69, 9.17) is 5.11 Å². The quantitative estimate of drug-likeness (QED) is 0.779. The SMILES string of the molecule is Cc1cc(S(=O)(=O)N2CCC(O)CC2)ccc1C#CCO. The Morgan fingerprint density at radius 1 is 1.33 bits per heavy atom. The molecule has 0 aromatic heterocycles. The van der Waals surface area contributed by atoms with E-state index in [1.165, 1.54) is 10.4 Å². The van der Waals surface area contributed by atoms with Crippen LogP contribution >= 0.6 is 0 Å². The molecule has 21 heavy (non-hydrogen) atoms. The van der Waals surface area contributed by atoms with E-state index < -0.39 is 16.1 Å². The highest BCUT2D eigenvalue weighted by molar-refractivity contribution is 7.89. The van der Waals surface area contributed by atoms with Crippen molar-refractivity contribution >= 4 is 10.0 Å². The molecule has 5 nitrogen and oxygen atoms in total.